The quantitative estimate of drug-likeness (QED) is 0.595. The maximum atomic E-state index is 4.60. The number of piperidine rings is 1. The largest absolute Gasteiger partial charge is 0.317 e. The van der Waals surface area contributed by atoms with Crippen molar-refractivity contribution in [2.75, 3.05) is 13.1 Å². The van der Waals surface area contributed by atoms with Gasteiger partial charge in [-0.25, -0.2) is 9.97 Å². The summed E-state index contributed by atoms with van der Waals surface area (Å²) in [5.41, 5.74) is 2.75. The summed E-state index contributed by atoms with van der Waals surface area (Å²) in [6, 6.07) is 14.5. The van der Waals surface area contributed by atoms with Crippen molar-refractivity contribution in [3.63, 3.8) is 0 Å². The first-order chi connectivity index (χ1) is 13.9. The van der Waals surface area contributed by atoms with E-state index in [0.29, 0.717) is 5.92 Å². The Kier molecular flexibility index (Phi) is 4.54. The van der Waals surface area contributed by atoms with Crippen molar-refractivity contribution in [3.05, 3.63) is 61.1 Å². The highest BCUT2D eigenvalue weighted by atomic mass is 15.4. The first-order valence-electron chi connectivity index (χ1n) is 9.78. The first-order valence-corrected chi connectivity index (χ1v) is 9.78. The smallest absolute Gasteiger partial charge is 0.159 e. The zero-order valence-electron chi connectivity index (χ0n) is 15.6. The number of benzene rings is 2. The van der Waals surface area contributed by atoms with E-state index in [1.165, 1.54) is 18.2 Å². The predicted molar refractivity (Wildman–Crippen MR) is 110 cm³/mol. The number of nitrogens with zero attached hydrogens (tertiary/aromatic N) is 5. The number of hydrogen-bond acceptors (Lipinski definition) is 5. The summed E-state index contributed by atoms with van der Waals surface area (Å²) < 4.78 is 1.95. The summed E-state index contributed by atoms with van der Waals surface area (Å²) in [6.45, 7) is 3.11. The van der Waals surface area contributed by atoms with Gasteiger partial charge >= 0.3 is 0 Å². The summed E-state index contributed by atoms with van der Waals surface area (Å²) >= 11 is 0. The summed E-state index contributed by atoms with van der Waals surface area (Å²) in [4.78, 5) is 9.21. The van der Waals surface area contributed by atoms with Crippen molar-refractivity contribution < 1.29 is 0 Å². The Labute approximate surface area is 163 Å². The third kappa shape index (κ3) is 3.39. The number of nitrogens with one attached hydrogen (secondary N) is 1. The zero-order chi connectivity index (χ0) is 18.8. The molecule has 0 amide bonds. The van der Waals surface area contributed by atoms with Gasteiger partial charge < -0.3 is 5.32 Å². The molecule has 1 N–H and O–H groups in total. The van der Waals surface area contributed by atoms with Gasteiger partial charge in [0.25, 0.3) is 0 Å². The molecule has 2 aromatic carbocycles. The monoisotopic (exact) mass is 370 g/mol. The second kappa shape index (κ2) is 7.48. The molecule has 0 atom stereocenters. The molecule has 2 aromatic heterocycles. The van der Waals surface area contributed by atoms with Gasteiger partial charge in [-0.15, -0.1) is 5.10 Å². The van der Waals surface area contributed by atoms with E-state index in [2.05, 4.69) is 49.9 Å². The summed E-state index contributed by atoms with van der Waals surface area (Å²) in [7, 11) is 0. The average molecular weight is 370 g/mol. The van der Waals surface area contributed by atoms with Crippen LogP contribution in [0.1, 0.15) is 12.8 Å². The van der Waals surface area contributed by atoms with Gasteiger partial charge in [0.15, 0.2) is 5.82 Å². The van der Waals surface area contributed by atoms with Crippen molar-refractivity contribution in [2.45, 2.75) is 19.4 Å². The van der Waals surface area contributed by atoms with Crippen molar-refractivity contribution >= 4 is 10.8 Å². The predicted octanol–water partition coefficient (Wildman–Crippen LogP) is 3.55. The summed E-state index contributed by atoms with van der Waals surface area (Å²) in [6.07, 6.45) is 8.06. The Morgan fingerprint density at radius 3 is 2.61 bits per heavy atom. The molecular weight excluding hydrogens is 348 g/mol. The minimum absolute atomic E-state index is 0.667. The standard InChI is InChI=1S/C22H22N6/c1-2-6-19-17(4-1)5-3-7-20(19)22-24-12-18(13-25-22)21-15-28(27-26-21)14-16-8-10-23-11-9-16/h1-7,12-13,15-16,23H,8-11,14H2. The van der Waals surface area contributed by atoms with Gasteiger partial charge in [0.05, 0.1) is 6.20 Å². The van der Waals surface area contributed by atoms with Crippen molar-refractivity contribution in [1.82, 2.24) is 30.3 Å². The molecule has 28 heavy (non-hydrogen) atoms. The van der Waals surface area contributed by atoms with Crippen LogP contribution in [-0.4, -0.2) is 38.1 Å². The Morgan fingerprint density at radius 2 is 1.75 bits per heavy atom. The second-order valence-electron chi connectivity index (χ2n) is 7.34. The molecule has 0 spiro atoms. The van der Waals surface area contributed by atoms with Gasteiger partial charge in [-0.05, 0) is 42.6 Å². The van der Waals surface area contributed by atoms with Crippen LogP contribution in [0, 0.1) is 5.92 Å². The zero-order valence-corrected chi connectivity index (χ0v) is 15.6. The Morgan fingerprint density at radius 1 is 0.964 bits per heavy atom. The van der Waals surface area contributed by atoms with Gasteiger partial charge in [-0.2, -0.15) is 0 Å². The normalized spacial score (nSPS) is 15.1. The molecular formula is C22H22N6. The lowest BCUT2D eigenvalue weighted by Crippen LogP contribution is -2.30. The fourth-order valence-corrected chi connectivity index (χ4v) is 3.87. The van der Waals surface area contributed by atoms with Crippen LogP contribution in [0.3, 0.4) is 0 Å². The van der Waals surface area contributed by atoms with E-state index in [1.54, 1.807) is 0 Å². The molecule has 1 aliphatic heterocycles. The highest BCUT2D eigenvalue weighted by Crippen LogP contribution is 2.26. The molecule has 140 valence electrons. The van der Waals surface area contributed by atoms with Crippen molar-refractivity contribution in [1.29, 1.82) is 0 Å². The molecule has 6 heteroatoms. The number of rotatable bonds is 4. The Balaban J connectivity index is 1.38. The molecule has 0 aliphatic carbocycles. The topological polar surface area (TPSA) is 68.5 Å². The molecule has 1 aliphatic rings. The summed E-state index contributed by atoms with van der Waals surface area (Å²) in [5.74, 6) is 1.39. The maximum absolute atomic E-state index is 4.60. The van der Waals surface area contributed by atoms with Crippen LogP contribution < -0.4 is 5.32 Å². The third-order valence-electron chi connectivity index (χ3n) is 5.42. The van der Waals surface area contributed by atoms with Gasteiger partial charge in [-0.1, -0.05) is 47.7 Å². The lowest BCUT2D eigenvalue weighted by atomic mass is 9.98. The molecule has 1 saturated heterocycles. The van der Waals surface area contributed by atoms with Gasteiger partial charge in [0.1, 0.15) is 5.69 Å². The molecule has 0 saturated carbocycles. The van der Waals surface area contributed by atoms with Gasteiger partial charge in [0.2, 0.25) is 0 Å². The van der Waals surface area contributed by atoms with Crippen LogP contribution in [0.15, 0.2) is 61.1 Å². The van der Waals surface area contributed by atoms with E-state index in [1.807, 2.05) is 41.5 Å². The van der Waals surface area contributed by atoms with E-state index >= 15 is 0 Å². The van der Waals surface area contributed by atoms with E-state index in [9.17, 15) is 0 Å². The number of aromatic nitrogens is 5. The van der Waals surface area contributed by atoms with Crippen molar-refractivity contribution in [2.24, 2.45) is 5.92 Å². The Bertz CT molecular complexity index is 1070. The van der Waals surface area contributed by atoms with E-state index < -0.39 is 0 Å². The second-order valence-corrected chi connectivity index (χ2v) is 7.34. The number of hydrogen-bond donors (Lipinski definition) is 1. The van der Waals surface area contributed by atoms with E-state index in [0.717, 1.165) is 47.7 Å². The molecule has 6 nitrogen and oxygen atoms in total. The van der Waals surface area contributed by atoms with Crippen LogP contribution in [0.2, 0.25) is 0 Å². The lowest BCUT2D eigenvalue weighted by molar-refractivity contribution is 0.318. The van der Waals surface area contributed by atoms with Crippen LogP contribution in [0.25, 0.3) is 33.4 Å². The van der Waals surface area contributed by atoms with E-state index in [-0.39, 0.29) is 0 Å². The van der Waals surface area contributed by atoms with Crippen LogP contribution >= 0.6 is 0 Å². The minimum Gasteiger partial charge on any atom is -0.317 e. The molecule has 5 rings (SSSR count). The van der Waals surface area contributed by atoms with Crippen molar-refractivity contribution in [3.8, 4) is 22.6 Å². The molecule has 0 unspecified atom stereocenters. The fraction of sp³-hybridized carbons (Fsp3) is 0.273. The lowest BCUT2D eigenvalue weighted by Gasteiger charge is -2.21. The third-order valence-corrected chi connectivity index (χ3v) is 5.42. The summed E-state index contributed by atoms with van der Waals surface area (Å²) in [5, 5.41) is 14.4. The van der Waals surface area contributed by atoms with Crippen LogP contribution in [0.4, 0.5) is 0 Å². The van der Waals surface area contributed by atoms with E-state index in [4.69, 9.17) is 0 Å². The minimum atomic E-state index is 0.667. The highest BCUT2D eigenvalue weighted by molar-refractivity contribution is 5.95. The average Bonchev–Trinajstić information content (AvgIpc) is 3.23. The first kappa shape index (κ1) is 17.0. The SMILES string of the molecule is c1ccc2c(-c3ncc(-c4cn(CC5CCNCC5)nn4)cn3)cccc2c1. The number of fused-ring (bicyclic) bond motifs is 1. The molecule has 4 aromatic rings. The molecule has 1 fully saturated rings. The maximum Gasteiger partial charge on any atom is 0.159 e. The molecule has 3 heterocycles. The highest BCUT2D eigenvalue weighted by Gasteiger charge is 2.15. The Hall–Kier alpha value is -3.12. The van der Waals surface area contributed by atoms with Gasteiger partial charge in [0, 0.05) is 30.1 Å². The molecule has 0 radical (unpaired) electrons. The molecule has 0 bridgehead atoms. The van der Waals surface area contributed by atoms with Gasteiger partial charge in [-0.3, -0.25) is 4.68 Å². The fourth-order valence-electron chi connectivity index (χ4n) is 3.87. The van der Waals surface area contributed by atoms with Crippen LogP contribution in [-0.2, 0) is 6.54 Å². The van der Waals surface area contributed by atoms with Crippen LogP contribution in [0.5, 0.6) is 0 Å².